The van der Waals surface area contributed by atoms with E-state index in [1.54, 1.807) is 13.2 Å². The third-order valence-corrected chi connectivity index (χ3v) is 3.71. The maximum absolute atomic E-state index is 9.02. The van der Waals surface area contributed by atoms with Crippen LogP contribution in [0, 0.1) is 11.3 Å². The number of ether oxygens (including phenoxy) is 1. The summed E-state index contributed by atoms with van der Waals surface area (Å²) in [6.07, 6.45) is 2.03. The summed E-state index contributed by atoms with van der Waals surface area (Å²) in [6, 6.07) is 15.7. The second-order valence-corrected chi connectivity index (χ2v) is 5.23. The molecule has 2 aromatic carbocycles. The van der Waals surface area contributed by atoms with Crippen molar-refractivity contribution in [2.45, 2.75) is 6.54 Å². The van der Waals surface area contributed by atoms with Crippen LogP contribution in [0.5, 0.6) is 5.75 Å². The number of hydrogen-bond acceptors (Lipinski definition) is 2. The van der Waals surface area contributed by atoms with Gasteiger partial charge in [-0.25, -0.2) is 0 Å². The molecule has 0 saturated carbocycles. The van der Waals surface area contributed by atoms with Crippen LogP contribution in [0.2, 0.25) is 5.02 Å². The van der Waals surface area contributed by atoms with Gasteiger partial charge >= 0.3 is 0 Å². The third kappa shape index (κ3) is 2.58. The summed E-state index contributed by atoms with van der Waals surface area (Å²) in [7, 11) is 1.57. The zero-order chi connectivity index (χ0) is 14.8. The second-order valence-electron chi connectivity index (χ2n) is 4.79. The Morgan fingerprint density at radius 1 is 1.19 bits per heavy atom. The number of halogens is 1. The summed E-state index contributed by atoms with van der Waals surface area (Å²) in [4.78, 5) is 0. The molecule has 3 nitrogen and oxygen atoms in total. The molecule has 104 valence electrons. The molecule has 0 aliphatic carbocycles. The molecule has 0 fully saturated rings. The normalized spacial score (nSPS) is 10.5. The molecule has 1 aromatic heterocycles. The van der Waals surface area contributed by atoms with E-state index in [0.717, 1.165) is 21.5 Å². The van der Waals surface area contributed by atoms with Gasteiger partial charge in [-0.3, -0.25) is 0 Å². The van der Waals surface area contributed by atoms with E-state index in [1.165, 1.54) is 0 Å². The lowest BCUT2D eigenvalue weighted by atomic mass is 10.1. The summed E-state index contributed by atoms with van der Waals surface area (Å²) in [5, 5.41) is 10.9. The molecule has 21 heavy (non-hydrogen) atoms. The molecule has 3 aromatic rings. The van der Waals surface area contributed by atoms with Gasteiger partial charge in [0.05, 0.1) is 12.7 Å². The molecule has 0 spiro atoms. The maximum atomic E-state index is 9.02. The lowest BCUT2D eigenvalue weighted by Crippen LogP contribution is -1.99. The van der Waals surface area contributed by atoms with Crippen LogP contribution in [0.1, 0.15) is 11.1 Å². The van der Waals surface area contributed by atoms with E-state index in [1.807, 2.05) is 36.5 Å². The number of fused-ring (bicyclic) bond motifs is 1. The first-order valence-corrected chi connectivity index (χ1v) is 6.90. The highest BCUT2D eigenvalue weighted by molar-refractivity contribution is 6.31. The molecule has 0 aliphatic heterocycles. The zero-order valence-corrected chi connectivity index (χ0v) is 12.3. The van der Waals surface area contributed by atoms with E-state index in [4.69, 9.17) is 21.6 Å². The Bertz CT molecular complexity index is 846. The highest BCUT2D eigenvalue weighted by Crippen LogP contribution is 2.24. The fourth-order valence-corrected chi connectivity index (χ4v) is 2.58. The molecule has 0 unspecified atom stereocenters. The molecule has 0 bridgehead atoms. The average molecular weight is 297 g/mol. The van der Waals surface area contributed by atoms with Gasteiger partial charge in [-0.15, -0.1) is 0 Å². The molecular weight excluding hydrogens is 284 g/mol. The van der Waals surface area contributed by atoms with Crippen molar-refractivity contribution in [2.24, 2.45) is 0 Å². The van der Waals surface area contributed by atoms with E-state index in [9.17, 15) is 0 Å². The summed E-state index contributed by atoms with van der Waals surface area (Å²) in [5.41, 5.74) is 2.70. The quantitative estimate of drug-likeness (QED) is 0.725. The SMILES string of the molecule is COc1cc(Cn2ccc3ccc(Cl)cc32)ccc1C#N. The smallest absolute Gasteiger partial charge is 0.136 e. The molecular formula is C17H13ClN2O. The average Bonchev–Trinajstić information content (AvgIpc) is 2.89. The minimum Gasteiger partial charge on any atom is -0.495 e. The van der Waals surface area contributed by atoms with Crippen LogP contribution in [0.3, 0.4) is 0 Å². The van der Waals surface area contributed by atoms with Crippen molar-refractivity contribution in [3.63, 3.8) is 0 Å². The molecule has 0 saturated heterocycles. The Morgan fingerprint density at radius 3 is 2.81 bits per heavy atom. The van der Waals surface area contributed by atoms with Gasteiger partial charge in [0.25, 0.3) is 0 Å². The third-order valence-electron chi connectivity index (χ3n) is 3.48. The lowest BCUT2D eigenvalue weighted by Gasteiger charge is -2.09. The molecule has 0 amide bonds. The summed E-state index contributed by atoms with van der Waals surface area (Å²) in [6.45, 7) is 0.700. The molecule has 3 rings (SSSR count). The minimum atomic E-state index is 0.543. The molecule has 0 atom stereocenters. The predicted octanol–water partition coefficient (Wildman–Crippen LogP) is 4.22. The van der Waals surface area contributed by atoms with Crippen molar-refractivity contribution in [1.29, 1.82) is 5.26 Å². The van der Waals surface area contributed by atoms with E-state index in [2.05, 4.69) is 16.7 Å². The van der Waals surface area contributed by atoms with Gasteiger partial charge in [-0.05, 0) is 41.3 Å². The Hall–Kier alpha value is -2.44. The summed E-state index contributed by atoms with van der Waals surface area (Å²) < 4.78 is 7.38. The van der Waals surface area contributed by atoms with Crippen LogP contribution < -0.4 is 4.74 Å². The molecule has 0 radical (unpaired) electrons. The van der Waals surface area contributed by atoms with Gasteiger partial charge in [0.15, 0.2) is 0 Å². The number of nitrogens with zero attached hydrogens (tertiary/aromatic N) is 2. The first-order valence-electron chi connectivity index (χ1n) is 6.52. The van der Waals surface area contributed by atoms with Crippen molar-refractivity contribution in [1.82, 2.24) is 4.57 Å². The molecule has 0 N–H and O–H groups in total. The lowest BCUT2D eigenvalue weighted by molar-refractivity contribution is 0.413. The van der Waals surface area contributed by atoms with Crippen molar-refractivity contribution in [3.05, 3.63) is 64.8 Å². The Balaban J connectivity index is 1.99. The van der Waals surface area contributed by atoms with Crippen LogP contribution in [-0.2, 0) is 6.54 Å². The first-order chi connectivity index (χ1) is 10.2. The Kier molecular flexibility index (Phi) is 3.55. The van der Waals surface area contributed by atoms with Gasteiger partial charge in [0, 0.05) is 23.3 Å². The van der Waals surface area contributed by atoms with Gasteiger partial charge in [-0.1, -0.05) is 23.7 Å². The highest BCUT2D eigenvalue weighted by atomic mass is 35.5. The monoisotopic (exact) mass is 296 g/mol. The largest absolute Gasteiger partial charge is 0.495 e. The second kappa shape index (κ2) is 5.51. The number of nitriles is 1. The van der Waals surface area contributed by atoms with Crippen molar-refractivity contribution >= 4 is 22.5 Å². The van der Waals surface area contributed by atoms with Gasteiger partial charge in [0.1, 0.15) is 11.8 Å². The fourth-order valence-electron chi connectivity index (χ4n) is 2.42. The number of methoxy groups -OCH3 is 1. The summed E-state index contributed by atoms with van der Waals surface area (Å²) >= 11 is 6.07. The van der Waals surface area contributed by atoms with E-state index in [0.29, 0.717) is 17.9 Å². The van der Waals surface area contributed by atoms with E-state index < -0.39 is 0 Å². The number of benzene rings is 2. The van der Waals surface area contributed by atoms with Crippen LogP contribution in [0.25, 0.3) is 10.9 Å². The van der Waals surface area contributed by atoms with Crippen molar-refractivity contribution in [2.75, 3.05) is 7.11 Å². The standard InChI is InChI=1S/C17H13ClN2O/c1-21-17-8-12(2-3-14(17)10-19)11-20-7-6-13-4-5-15(18)9-16(13)20/h2-9H,11H2,1H3. The maximum Gasteiger partial charge on any atom is 0.136 e. The number of hydrogen-bond donors (Lipinski definition) is 0. The Labute approximate surface area is 127 Å². The molecule has 0 aliphatic rings. The number of rotatable bonds is 3. The minimum absolute atomic E-state index is 0.543. The van der Waals surface area contributed by atoms with Gasteiger partial charge in [0.2, 0.25) is 0 Å². The number of aromatic nitrogens is 1. The van der Waals surface area contributed by atoms with Crippen molar-refractivity contribution in [3.8, 4) is 11.8 Å². The van der Waals surface area contributed by atoms with Gasteiger partial charge < -0.3 is 9.30 Å². The van der Waals surface area contributed by atoms with Crippen LogP contribution in [0.4, 0.5) is 0 Å². The topological polar surface area (TPSA) is 38.0 Å². The fraction of sp³-hybridized carbons (Fsp3) is 0.118. The Morgan fingerprint density at radius 2 is 2.05 bits per heavy atom. The van der Waals surface area contributed by atoms with Crippen LogP contribution >= 0.6 is 11.6 Å². The molecule has 4 heteroatoms. The zero-order valence-electron chi connectivity index (χ0n) is 11.5. The predicted molar refractivity (Wildman–Crippen MR) is 83.8 cm³/mol. The van der Waals surface area contributed by atoms with Crippen LogP contribution in [-0.4, -0.2) is 11.7 Å². The van der Waals surface area contributed by atoms with Crippen molar-refractivity contribution < 1.29 is 4.74 Å². The molecule has 1 heterocycles. The van der Waals surface area contributed by atoms with E-state index in [-0.39, 0.29) is 0 Å². The summed E-state index contributed by atoms with van der Waals surface area (Å²) in [5.74, 6) is 0.601. The van der Waals surface area contributed by atoms with Gasteiger partial charge in [-0.2, -0.15) is 5.26 Å². The highest BCUT2D eigenvalue weighted by Gasteiger charge is 2.06. The van der Waals surface area contributed by atoms with Crippen LogP contribution in [0.15, 0.2) is 48.7 Å². The first kappa shape index (κ1) is 13.5. The van der Waals surface area contributed by atoms with E-state index >= 15 is 0 Å².